The molecule has 0 unspecified atom stereocenters. The first kappa shape index (κ1) is 15.0. The standard InChI is InChI=1S/C16H17NO4/c1-10(20-2)11-5-4-6-12(9-11)15-14(21-3)8-7-13(17-15)16(18)19/h4-10H,1-3H3,(H,18,19)/t10-/m0/s1. The number of nitrogens with zero attached hydrogens (tertiary/aromatic N) is 1. The Morgan fingerprint density at radius 3 is 2.62 bits per heavy atom. The van der Waals surface area contributed by atoms with E-state index in [1.807, 2.05) is 31.2 Å². The fourth-order valence-corrected chi connectivity index (χ4v) is 2.01. The van der Waals surface area contributed by atoms with E-state index >= 15 is 0 Å². The number of carboxylic acids is 1. The lowest BCUT2D eigenvalue weighted by molar-refractivity contribution is 0.0690. The first-order valence-electron chi connectivity index (χ1n) is 6.48. The predicted octanol–water partition coefficient (Wildman–Crippen LogP) is 3.16. The van der Waals surface area contributed by atoms with Crippen molar-refractivity contribution in [3.8, 4) is 17.0 Å². The third-order valence-electron chi connectivity index (χ3n) is 3.28. The number of methoxy groups -OCH3 is 2. The van der Waals surface area contributed by atoms with Crippen molar-refractivity contribution >= 4 is 5.97 Å². The number of rotatable bonds is 5. The van der Waals surface area contributed by atoms with Crippen LogP contribution >= 0.6 is 0 Å². The Kier molecular flexibility index (Phi) is 4.55. The summed E-state index contributed by atoms with van der Waals surface area (Å²) in [4.78, 5) is 15.3. The van der Waals surface area contributed by atoms with Crippen LogP contribution in [0.4, 0.5) is 0 Å². The zero-order chi connectivity index (χ0) is 15.4. The molecule has 0 aliphatic heterocycles. The molecule has 0 amide bonds. The molecule has 0 saturated carbocycles. The lowest BCUT2D eigenvalue weighted by atomic mass is 10.0. The molecule has 0 spiro atoms. The van der Waals surface area contributed by atoms with Crippen LogP contribution in [-0.2, 0) is 4.74 Å². The Morgan fingerprint density at radius 1 is 1.24 bits per heavy atom. The third kappa shape index (κ3) is 3.20. The Balaban J connectivity index is 2.54. The molecule has 0 bridgehead atoms. The molecular weight excluding hydrogens is 270 g/mol. The van der Waals surface area contributed by atoms with Gasteiger partial charge < -0.3 is 14.6 Å². The molecule has 21 heavy (non-hydrogen) atoms. The number of carbonyl (C=O) groups is 1. The molecule has 0 saturated heterocycles. The highest BCUT2D eigenvalue weighted by Gasteiger charge is 2.14. The number of hydrogen-bond acceptors (Lipinski definition) is 4. The summed E-state index contributed by atoms with van der Waals surface area (Å²) in [5.74, 6) is -0.539. The molecule has 1 atom stereocenters. The fraction of sp³-hybridized carbons (Fsp3) is 0.250. The third-order valence-corrected chi connectivity index (χ3v) is 3.28. The second kappa shape index (κ2) is 6.37. The van der Waals surface area contributed by atoms with Gasteiger partial charge in [-0.15, -0.1) is 0 Å². The minimum atomic E-state index is -1.07. The highest BCUT2D eigenvalue weighted by molar-refractivity contribution is 5.86. The van der Waals surface area contributed by atoms with Crippen LogP contribution in [0.1, 0.15) is 29.1 Å². The SMILES string of the molecule is COc1ccc(C(=O)O)nc1-c1cccc([C@H](C)OC)c1. The van der Waals surface area contributed by atoms with Gasteiger partial charge in [0, 0.05) is 12.7 Å². The van der Waals surface area contributed by atoms with Crippen molar-refractivity contribution in [2.75, 3.05) is 14.2 Å². The first-order valence-corrected chi connectivity index (χ1v) is 6.48. The van der Waals surface area contributed by atoms with Crippen molar-refractivity contribution < 1.29 is 19.4 Å². The molecule has 2 rings (SSSR count). The lowest BCUT2D eigenvalue weighted by Crippen LogP contribution is -2.03. The van der Waals surface area contributed by atoms with Crippen LogP contribution in [-0.4, -0.2) is 30.3 Å². The predicted molar refractivity (Wildman–Crippen MR) is 78.6 cm³/mol. The molecule has 1 aromatic heterocycles. The molecule has 0 radical (unpaired) electrons. The minimum Gasteiger partial charge on any atom is -0.494 e. The van der Waals surface area contributed by atoms with Gasteiger partial charge in [-0.25, -0.2) is 9.78 Å². The Morgan fingerprint density at radius 2 is 2.00 bits per heavy atom. The second-order valence-electron chi connectivity index (χ2n) is 4.56. The van der Waals surface area contributed by atoms with Crippen LogP contribution in [0.15, 0.2) is 36.4 Å². The molecule has 5 nitrogen and oxygen atoms in total. The molecule has 2 aromatic rings. The normalized spacial score (nSPS) is 12.0. The molecule has 1 N–H and O–H groups in total. The van der Waals surface area contributed by atoms with Crippen LogP contribution in [0.2, 0.25) is 0 Å². The van der Waals surface area contributed by atoms with E-state index in [4.69, 9.17) is 14.6 Å². The number of pyridine rings is 1. The van der Waals surface area contributed by atoms with Crippen molar-refractivity contribution in [2.24, 2.45) is 0 Å². The number of ether oxygens (including phenoxy) is 2. The summed E-state index contributed by atoms with van der Waals surface area (Å²) in [6.45, 7) is 1.94. The molecule has 5 heteroatoms. The number of benzene rings is 1. The van der Waals surface area contributed by atoms with Gasteiger partial charge in [0.05, 0.1) is 13.2 Å². The first-order chi connectivity index (χ1) is 10.1. The van der Waals surface area contributed by atoms with Crippen LogP contribution in [0.5, 0.6) is 5.75 Å². The van der Waals surface area contributed by atoms with Gasteiger partial charge in [0.1, 0.15) is 17.1 Å². The highest BCUT2D eigenvalue weighted by Crippen LogP contribution is 2.30. The highest BCUT2D eigenvalue weighted by atomic mass is 16.5. The average molecular weight is 287 g/mol. The summed E-state index contributed by atoms with van der Waals surface area (Å²) in [6.07, 6.45) is -0.0569. The Hall–Kier alpha value is -2.40. The average Bonchev–Trinajstić information content (AvgIpc) is 2.53. The maximum absolute atomic E-state index is 11.1. The summed E-state index contributed by atoms with van der Waals surface area (Å²) in [5.41, 5.74) is 2.26. The number of aromatic carboxylic acids is 1. The van der Waals surface area contributed by atoms with E-state index in [0.717, 1.165) is 11.1 Å². The van der Waals surface area contributed by atoms with Gasteiger partial charge in [-0.2, -0.15) is 0 Å². The summed E-state index contributed by atoms with van der Waals surface area (Å²) in [7, 11) is 3.17. The van der Waals surface area contributed by atoms with E-state index in [2.05, 4.69) is 4.98 Å². The van der Waals surface area contributed by atoms with Gasteiger partial charge in [-0.05, 0) is 30.7 Å². The van der Waals surface area contributed by atoms with Crippen LogP contribution in [0, 0.1) is 0 Å². The van der Waals surface area contributed by atoms with Crippen molar-refractivity contribution in [3.05, 3.63) is 47.7 Å². The number of carboxylic acid groups (broad SMARTS) is 1. The molecule has 1 aromatic carbocycles. The maximum atomic E-state index is 11.1. The van der Waals surface area contributed by atoms with Crippen molar-refractivity contribution in [2.45, 2.75) is 13.0 Å². The molecule has 110 valence electrons. The fourth-order valence-electron chi connectivity index (χ4n) is 2.01. The Bertz CT molecular complexity index is 654. The van der Waals surface area contributed by atoms with E-state index in [0.29, 0.717) is 11.4 Å². The minimum absolute atomic E-state index is 0.0176. The number of aromatic nitrogens is 1. The van der Waals surface area contributed by atoms with Crippen LogP contribution < -0.4 is 4.74 Å². The summed E-state index contributed by atoms with van der Waals surface area (Å²) < 4.78 is 10.6. The van der Waals surface area contributed by atoms with Crippen molar-refractivity contribution in [1.82, 2.24) is 4.98 Å². The van der Waals surface area contributed by atoms with E-state index in [1.165, 1.54) is 13.2 Å². The van der Waals surface area contributed by atoms with Gasteiger partial charge in [0.15, 0.2) is 0 Å². The van der Waals surface area contributed by atoms with Gasteiger partial charge in [-0.3, -0.25) is 0 Å². The van der Waals surface area contributed by atoms with Crippen molar-refractivity contribution in [3.63, 3.8) is 0 Å². The van der Waals surface area contributed by atoms with Crippen LogP contribution in [0.25, 0.3) is 11.3 Å². The quantitative estimate of drug-likeness (QED) is 0.914. The summed E-state index contributed by atoms with van der Waals surface area (Å²) >= 11 is 0. The lowest BCUT2D eigenvalue weighted by Gasteiger charge is -2.13. The van der Waals surface area contributed by atoms with Crippen molar-refractivity contribution in [1.29, 1.82) is 0 Å². The van der Waals surface area contributed by atoms with E-state index in [9.17, 15) is 4.79 Å². The van der Waals surface area contributed by atoms with Gasteiger partial charge in [0.25, 0.3) is 0 Å². The molecule has 0 aliphatic carbocycles. The van der Waals surface area contributed by atoms with Gasteiger partial charge >= 0.3 is 5.97 Å². The maximum Gasteiger partial charge on any atom is 0.354 e. The van der Waals surface area contributed by atoms with Crippen LogP contribution in [0.3, 0.4) is 0 Å². The van der Waals surface area contributed by atoms with E-state index in [-0.39, 0.29) is 11.8 Å². The Labute approximate surface area is 123 Å². The largest absolute Gasteiger partial charge is 0.494 e. The van der Waals surface area contributed by atoms with Gasteiger partial charge in [0.2, 0.25) is 0 Å². The zero-order valence-corrected chi connectivity index (χ0v) is 12.2. The molecule has 0 aliphatic rings. The number of hydrogen-bond donors (Lipinski definition) is 1. The molecular formula is C16H17NO4. The monoisotopic (exact) mass is 287 g/mol. The topological polar surface area (TPSA) is 68.7 Å². The summed E-state index contributed by atoms with van der Waals surface area (Å²) in [6, 6.07) is 10.7. The summed E-state index contributed by atoms with van der Waals surface area (Å²) in [5, 5.41) is 9.08. The van der Waals surface area contributed by atoms with E-state index in [1.54, 1.807) is 13.2 Å². The van der Waals surface area contributed by atoms with E-state index < -0.39 is 5.97 Å². The smallest absolute Gasteiger partial charge is 0.354 e. The zero-order valence-electron chi connectivity index (χ0n) is 12.2. The molecule has 1 heterocycles. The van der Waals surface area contributed by atoms with Gasteiger partial charge in [-0.1, -0.05) is 18.2 Å². The molecule has 0 fully saturated rings. The second-order valence-corrected chi connectivity index (χ2v) is 4.56.